The Kier molecular flexibility index (Phi) is 10.6. The van der Waals surface area contributed by atoms with E-state index in [9.17, 15) is 19.2 Å². The molecule has 3 rings (SSSR count). The molecule has 11 nitrogen and oxygen atoms in total. The first-order chi connectivity index (χ1) is 18.5. The summed E-state index contributed by atoms with van der Waals surface area (Å²) in [5.74, 6) is -1.25. The van der Waals surface area contributed by atoms with Crippen LogP contribution in [0, 0.1) is 0 Å². The average molecular weight is 674 g/mol. The number of nitrogens with zero attached hydrogens (tertiary/aromatic N) is 2. The minimum atomic E-state index is -0.909. The Hall–Kier alpha value is -2.81. The monoisotopic (exact) mass is 673 g/mol. The molecule has 0 aliphatic carbocycles. The van der Waals surface area contributed by atoms with Gasteiger partial charge in [0, 0.05) is 10.2 Å². The molecule has 2 amide bonds. The van der Waals surface area contributed by atoms with E-state index in [1.165, 1.54) is 16.7 Å². The van der Waals surface area contributed by atoms with Gasteiger partial charge in [0.15, 0.2) is 5.71 Å². The lowest BCUT2D eigenvalue weighted by atomic mass is 10.0. The smallest absolute Gasteiger partial charge is 0.355 e. The summed E-state index contributed by atoms with van der Waals surface area (Å²) in [6.45, 7) is 7.04. The first-order valence-corrected chi connectivity index (χ1v) is 14.8. The second kappa shape index (κ2) is 13.5. The highest BCUT2D eigenvalue weighted by atomic mass is 127. The summed E-state index contributed by atoms with van der Waals surface area (Å²) in [5, 5.41) is 5.90. The van der Waals surface area contributed by atoms with Gasteiger partial charge in [0.05, 0.1) is 13.5 Å². The van der Waals surface area contributed by atoms with Gasteiger partial charge in [-0.05, 0) is 51.0 Å². The van der Waals surface area contributed by atoms with Gasteiger partial charge in [-0.1, -0.05) is 39.9 Å². The van der Waals surface area contributed by atoms with E-state index in [0.29, 0.717) is 15.9 Å². The Morgan fingerprint density at radius 2 is 1.90 bits per heavy atom. The van der Waals surface area contributed by atoms with Gasteiger partial charge in [0.2, 0.25) is 0 Å². The number of hydrogen-bond acceptors (Lipinski definition) is 10. The van der Waals surface area contributed by atoms with Gasteiger partial charge in [-0.3, -0.25) is 19.3 Å². The minimum Gasteiger partial charge on any atom is -0.497 e. The topological polar surface area (TPSA) is 133 Å². The molecular formula is C26H32IN3O8S. The maximum Gasteiger partial charge on any atom is 0.355 e. The normalized spacial score (nSPS) is 19.1. The number of halogens is 1. The Labute approximate surface area is 245 Å². The first kappa shape index (κ1) is 30.7. The molecule has 2 heterocycles. The highest BCUT2D eigenvalue weighted by Crippen LogP contribution is 2.41. The van der Waals surface area contributed by atoms with Gasteiger partial charge in [-0.25, -0.2) is 4.79 Å². The second-order valence-electron chi connectivity index (χ2n) is 9.59. The molecule has 1 N–H and O–H groups in total. The lowest BCUT2D eigenvalue weighted by Gasteiger charge is -2.49. The maximum absolute atomic E-state index is 13.2. The Bertz CT molecular complexity index is 1160. The van der Waals surface area contributed by atoms with Gasteiger partial charge in [-0.2, -0.15) is 0 Å². The molecule has 0 radical (unpaired) electrons. The van der Waals surface area contributed by atoms with Crippen molar-refractivity contribution in [3.05, 3.63) is 41.1 Å². The van der Waals surface area contributed by atoms with Crippen LogP contribution in [0.5, 0.6) is 5.75 Å². The molecule has 39 heavy (non-hydrogen) atoms. The molecular weight excluding hydrogens is 641 g/mol. The van der Waals surface area contributed by atoms with Gasteiger partial charge in [0.1, 0.15) is 41.7 Å². The number of amides is 2. The lowest BCUT2D eigenvalue weighted by Crippen LogP contribution is -2.71. The number of thioether (sulfide) groups is 1. The average Bonchev–Trinajstić information content (AvgIpc) is 2.90. The number of esters is 2. The van der Waals surface area contributed by atoms with Gasteiger partial charge >= 0.3 is 11.9 Å². The predicted molar refractivity (Wildman–Crippen MR) is 153 cm³/mol. The van der Waals surface area contributed by atoms with Crippen molar-refractivity contribution >= 4 is 63.8 Å². The second-order valence-corrected chi connectivity index (χ2v) is 11.5. The number of rotatable bonds is 11. The lowest BCUT2D eigenvalue weighted by molar-refractivity contribution is -0.154. The summed E-state index contributed by atoms with van der Waals surface area (Å²) in [6.07, 6.45) is -0.423. The fourth-order valence-electron chi connectivity index (χ4n) is 3.75. The zero-order valence-corrected chi connectivity index (χ0v) is 25.4. The van der Waals surface area contributed by atoms with Crippen LogP contribution in [0.1, 0.15) is 39.7 Å². The maximum atomic E-state index is 13.2. The predicted octanol–water partition coefficient (Wildman–Crippen LogP) is 2.95. The van der Waals surface area contributed by atoms with E-state index in [1.807, 2.05) is 0 Å². The third kappa shape index (κ3) is 7.87. The molecule has 0 aromatic heterocycles. The van der Waals surface area contributed by atoms with E-state index >= 15 is 0 Å². The quantitative estimate of drug-likeness (QED) is 0.0941. The highest BCUT2D eigenvalue weighted by Gasteiger charge is 2.54. The molecule has 1 aromatic rings. The van der Waals surface area contributed by atoms with E-state index in [1.54, 1.807) is 59.1 Å². The van der Waals surface area contributed by atoms with E-state index in [-0.39, 0.29) is 24.6 Å². The van der Waals surface area contributed by atoms with Crippen molar-refractivity contribution in [1.82, 2.24) is 10.2 Å². The number of alkyl halides is 1. The molecule has 13 heteroatoms. The zero-order chi connectivity index (χ0) is 28.7. The van der Waals surface area contributed by atoms with E-state index in [4.69, 9.17) is 19.0 Å². The molecule has 2 aliphatic heterocycles. The number of hydrogen-bond donors (Lipinski definition) is 1. The van der Waals surface area contributed by atoms with Crippen LogP contribution in [0.3, 0.4) is 0 Å². The highest BCUT2D eigenvalue weighted by molar-refractivity contribution is 14.1. The van der Waals surface area contributed by atoms with Crippen molar-refractivity contribution in [3.8, 4) is 5.75 Å². The molecule has 1 aromatic carbocycles. The summed E-state index contributed by atoms with van der Waals surface area (Å²) in [4.78, 5) is 58.0. The standard InChI is InChI=1S/C26H32IN3O8S/c1-6-37-29-18(11-19(31)38-26(2,3)4)22(32)28-20-23(33)30-21(16(12-27)14-39-24(20)30)25(34)36-13-15-7-9-17(35-5)10-8-15/h7-10,20,24H,6,11-14H2,1-5H3,(H,28,32)/b29-18+. The molecule has 2 aliphatic rings. The zero-order valence-electron chi connectivity index (χ0n) is 22.4. The summed E-state index contributed by atoms with van der Waals surface area (Å²) in [5.41, 5.74) is 0.802. The van der Waals surface area contributed by atoms with Crippen molar-refractivity contribution in [2.24, 2.45) is 5.16 Å². The summed E-state index contributed by atoms with van der Waals surface area (Å²) in [7, 11) is 1.57. The molecule has 212 valence electrons. The summed E-state index contributed by atoms with van der Waals surface area (Å²) < 4.78 is 16.5. The number of oxime groups is 1. The van der Waals surface area contributed by atoms with E-state index in [0.717, 1.165) is 11.1 Å². The van der Waals surface area contributed by atoms with E-state index < -0.39 is 47.2 Å². The number of benzene rings is 1. The summed E-state index contributed by atoms with van der Waals surface area (Å²) >= 11 is 3.58. The van der Waals surface area contributed by atoms with Gasteiger partial charge in [0.25, 0.3) is 11.8 Å². The van der Waals surface area contributed by atoms with Crippen LogP contribution >= 0.6 is 34.4 Å². The van der Waals surface area contributed by atoms with Gasteiger partial charge in [-0.15, -0.1) is 11.8 Å². The van der Waals surface area contributed by atoms with Crippen molar-refractivity contribution in [1.29, 1.82) is 0 Å². The number of methoxy groups -OCH3 is 1. The van der Waals surface area contributed by atoms with Crippen molar-refractivity contribution in [3.63, 3.8) is 0 Å². The third-order valence-electron chi connectivity index (χ3n) is 5.52. The Morgan fingerprint density at radius 1 is 1.21 bits per heavy atom. The number of carbonyl (C=O) groups is 4. The number of β-lactam (4-membered cyclic amide) rings is 1. The molecule has 2 unspecified atom stereocenters. The SMILES string of the molecule is CCO/N=C(\CC(=O)OC(C)(C)C)C(=O)NC1C(=O)N2C(C(=O)OCc3ccc(OC)cc3)=C(CI)CSC12. The van der Waals surface area contributed by atoms with Crippen molar-refractivity contribution in [2.75, 3.05) is 23.9 Å². The molecule has 0 spiro atoms. The van der Waals surface area contributed by atoms with E-state index in [2.05, 4.69) is 33.1 Å². The van der Waals surface area contributed by atoms with Crippen LogP contribution in [0.2, 0.25) is 0 Å². The fourth-order valence-corrected chi connectivity index (χ4v) is 6.09. The molecule has 0 bridgehead atoms. The van der Waals surface area contributed by atoms with Crippen LogP contribution in [0.25, 0.3) is 0 Å². The summed E-state index contributed by atoms with van der Waals surface area (Å²) in [6, 6.07) is 6.21. The molecule has 2 atom stereocenters. The molecule has 1 fully saturated rings. The van der Waals surface area contributed by atoms with Crippen LogP contribution in [-0.4, -0.2) is 75.3 Å². The fraction of sp³-hybridized carbons (Fsp3) is 0.500. The van der Waals surface area contributed by atoms with Crippen molar-refractivity contribution in [2.45, 2.75) is 57.7 Å². The Morgan fingerprint density at radius 3 is 2.49 bits per heavy atom. The van der Waals surface area contributed by atoms with Crippen LogP contribution < -0.4 is 10.1 Å². The first-order valence-electron chi connectivity index (χ1n) is 12.2. The van der Waals surface area contributed by atoms with Crippen LogP contribution in [0.15, 0.2) is 40.7 Å². The third-order valence-corrected chi connectivity index (χ3v) is 7.78. The molecule has 1 saturated heterocycles. The minimum absolute atomic E-state index is 0.0305. The number of nitrogens with one attached hydrogen (secondary N) is 1. The number of ether oxygens (including phenoxy) is 3. The van der Waals surface area contributed by atoms with Gasteiger partial charge < -0.3 is 24.4 Å². The largest absolute Gasteiger partial charge is 0.497 e. The van der Waals surface area contributed by atoms with Crippen LogP contribution in [-0.2, 0) is 40.1 Å². The Balaban J connectivity index is 1.69. The number of carbonyl (C=O) groups excluding carboxylic acids is 4. The molecule has 0 saturated carbocycles. The van der Waals surface area contributed by atoms with Crippen molar-refractivity contribution < 1.29 is 38.2 Å². The van der Waals surface area contributed by atoms with Crippen LogP contribution in [0.4, 0.5) is 0 Å². The number of fused-ring (bicyclic) bond motifs is 1.